The number of hydrogen-bond acceptors (Lipinski definition) is 3. The van der Waals surface area contributed by atoms with Gasteiger partial charge < -0.3 is 15.2 Å². The van der Waals surface area contributed by atoms with Crippen LogP contribution in [0.2, 0.25) is 0 Å². The molecule has 1 amide bonds. The molecule has 0 fully saturated rings. The van der Waals surface area contributed by atoms with Crippen molar-refractivity contribution < 1.29 is 19.4 Å². The fourth-order valence-electron chi connectivity index (χ4n) is 2.07. The summed E-state index contributed by atoms with van der Waals surface area (Å²) in [6, 6.07) is 7.57. The smallest absolute Gasteiger partial charge is 0.308 e. The Morgan fingerprint density at radius 3 is 2.76 bits per heavy atom. The Hall–Kier alpha value is -2.04. The van der Waals surface area contributed by atoms with E-state index in [0.717, 1.165) is 17.7 Å². The number of nitrogens with one attached hydrogen (secondary N) is 1. The van der Waals surface area contributed by atoms with E-state index in [0.29, 0.717) is 19.3 Å². The first-order valence-electron chi connectivity index (χ1n) is 7.19. The summed E-state index contributed by atoms with van der Waals surface area (Å²) in [5, 5.41) is 11.7. The van der Waals surface area contributed by atoms with E-state index in [1.54, 1.807) is 7.11 Å². The van der Waals surface area contributed by atoms with Crippen molar-refractivity contribution in [2.45, 2.75) is 32.6 Å². The van der Waals surface area contributed by atoms with Crippen LogP contribution in [0.5, 0.6) is 5.75 Å². The van der Waals surface area contributed by atoms with Crippen LogP contribution in [0.4, 0.5) is 0 Å². The van der Waals surface area contributed by atoms with Gasteiger partial charge in [-0.25, -0.2) is 0 Å². The lowest BCUT2D eigenvalue weighted by Gasteiger charge is -2.12. The lowest BCUT2D eigenvalue weighted by Crippen LogP contribution is -2.33. The number of rotatable bonds is 9. The van der Waals surface area contributed by atoms with Gasteiger partial charge in [0.25, 0.3) is 0 Å². The van der Waals surface area contributed by atoms with Crippen molar-refractivity contribution in [1.29, 1.82) is 0 Å². The van der Waals surface area contributed by atoms with E-state index in [9.17, 15) is 9.59 Å². The van der Waals surface area contributed by atoms with Crippen LogP contribution < -0.4 is 10.1 Å². The third kappa shape index (κ3) is 6.29. The van der Waals surface area contributed by atoms with Gasteiger partial charge in [-0.3, -0.25) is 9.59 Å². The molecule has 21 heavy (non-hydrogen) atoms. The molecule has 1 unspecified atom stereocenters. The zero-order chi connectivity index (χ0) is 15.7. The minimum Gasteiger partial charge on any atom is -0.497 e. The Balaban J connectivity index is 2.38. The number of ether oxygens (including phenoxy) is 1. The summed E-state index contributed by atoms with van der Waals surface area (Å²) in [7, 11) is 1.60. The van der Waals surface area contributed by atoms with Gasteiger partial charge in [-0.05, 0) is 30.5 Å². The predicted molar refractivity (Wildman–Crippen MR) is 80.4 cm³/mol. The minimum absolute atomic E-state index is 0.125. The molecule has 0 aliphatic heterocycles. The van der Waals surface area contributed by atoms with Crippen molar-refractivity contribution in [3.63, 3.8) is 0 Å². The maximum atomic E-state index is 11.8. The molecule has 0 spiro atoms. The van der Waals surface area contributed by atoms with Gasteiger partial charge in [-0.2, -0.15) is 0 Å². The standard InChI is InChI=1S/C16H23NO4/c1-3-5-13(16(19)20)11-17-15(18)9-8-12-6-4-7-14(10-12)21-2/h4,6-7,10,13H,3,5,8-9,11H2,1-2H3,(H,17,18)(H,19,20). The fraction of sp³-hybridized carbons (Fsp3) is 0.500. The molecule has 0 bridgehead atoms. The third-order valence-electron chi connectivity index (χ3n) is 3.31. The van der Waals surface area contributed by atoms with Crippen molar-refractivity contribution >= 4 is 11.9 Å². The molecular weight excluding hydrogens is 270 g/mol. The number of hydrogen-bond donors (Lipinski definition) is 2. The largest absolute Gasteiger partial charge is 0.497 e. The predicted octanol–water partition coefficient (Wildman–Crippen LogP) is 2.24. The summed E-state index contributed by atoms with van der Waals surface area (Å²) >= 11 is 0. The summed E-state index contributed by atoms with van der Waals surface area (Å²) in [6.45, 7) is 2.13. The third-order valence-corrected chi connectivity index (χ3v) is 3.31. The van der Waals surface area contributed by atoms with Crippen LogP contribution in [0, 0.1) is 5.92 Å². The molecule has 0 aromatic heterocycles. The SMILES string of the molecule is CCCC(CNC(=O)CCc1cccc(OC)c1)C(=O)O. The number of carboxylic acid groups (broad SMARTS) is 1. The first kappa shape index (κ1) is 17.0. The molecule has 0 heterocycles. The molecule has 1 rings (SSSR count). The second-order valence-corrected chi connectivity index (χ2v) is 4.98. The van der Waals surface area contributed by atoms with E-state index in [-0.39, 0.29) is 12.5 Å². The molecule has 5 nitrogen and oxygen atoms in total. The van der Waals surface area contributed by atoms with Crippen LogP contribution in [-0.4, -0.2) is 30.6 Å². The molecule has 0 saturated carbocycles. The molecule has 116 valence electrons. The van der Waals surface area contributed by atoms with Gasteiger partial charge in [0, 0.05) is 13.0 Å². The quantitative estimate of drug-likeness (QED) is 0.732. The highest BCUT2D eigenvalue weighted by Gasteiger charge is 2.16. The summed E-state index contributed by atoms with van der Waals surface area (Å²) in [5.41, 5.74) is 1.02. The van der Waals surface area contributed by atoms with Crippen LogP contribution >= 0.6 is 0 Å². The first-order chi connectivity index (χ1) is 10.1. The van der Waals surface area contributed by atoms with Crippen molar-refractivity contribution in [2.24, 2.45) is 5.92 Å². The van der Waals surface area contributed by atoms with Crippen molar-refractivity contribution in [3.05, 3.63) is 29.8 Å². The summed E-state index contributed by atoms with van der Waals surface area (Å²) in [5.74, 6) is -0.720. The highest BCUT2D eigenvalue weighted by Crippen LogP contribution is 2.14. The average molecular weight is 293 g/mol. The first-order valence-corrected chi connectivity index (χ1v) is 7.19. The van der Waals surface area contributed by atoms with E-state index in [1.165, 1.54) is 0 Å². The van der Waals surface area contributed by atoms with Crippen molar-refractivity contribution in [2.75, 3.05) is 13.7 Å². The van der Waals surface area contributed by atoms with Gasteiger partial charge in [0.15, 0.2) is 0 Å². The van der Waals surface area contributed by atoms with E-state index in [1.807, 2.05) is 31.2 Å². The molecule has 0 aliphatic rings. The van der Waals surface area contributed by atoms with Gasteiger partial charge in [0.2, 0.25) is 5.91 Å². The number of amides is 1. The number of carbonyl (C=O) groups is 2. The summed E-state index contributed by atoms with van der Waals surface area (Å²) in [6.07, 6.45) is 2.31. The van der Waals surface area contributed by atoms with Gasteiger partial charge in [0.1, 0.15) is 5.75 Å². The summed E-state index contributed by atoms with van der Waals surface area (Å²) in [4.78, 5) is 22.8. The number of benzene rings is 1. The lowest BCUT2D eigenvalue weighted by molar-refractivity contribution is -0.141. The van der Waals surface area contributed by atoms with Crippen LogP contribution in [0.15, 0.2) is 24.3 Å². The van der Waals surface area contributed by atoms with Gasteiger partial charge in [0.05, 0.1) is 13.0 Å². The van der Waals surface area contributed by atoms with Crippen LogP contribution in [0.25, 0.3) is 0 Å². The second kappa shape index (κ2) is 9.00. The van der Waals surface area contributed by atoms with Crippen LogP contribution in [0.1, 0.15) is 31.7 Å². The molecule has 1 atom stereocenters. The topological polar surface area (TPSA) is 75.6 Å². The summed E-state index contributed by atoms with van der Waals surface area (Å²) < 4.78 is 5.13. The Kier molecular flexibility index (Phi) is 7.29. The van der Waals surface area contributed by atoms with Gasteiger partial charge in [-0.15, -0.1) is 0 Å². The van der Waals surface area contributed by atoms with E-state index in [2.05, 4.69) is 5.32 Å². The zero-order valence-corrected chi connectivity index (χ0v) is 12.6. The monoisotopic (exact) mass is 293 g/mol. The maximum absolute atomic E-state index is 11.8. The normalized spacial score (nSPS) is 11.7. The van der Waals surface area contributed by atoms with E-state index >= 15 is 0 Å². The highest BCUT2D eigenvalue weighted by atomic mass is 16.5. The lowest BCUT2D eigenvalue weighted by atomic mass is 10.0. The second-order valence-electron chi connectivity index (χ2n) is 4.98. The number of methoxy groups -OCH3 is 1. The highest BCUT2D eigenvalue weighted by molar-refractivity contribution is 5.77. The molecular formula is C16H23NO4. The number of aryl methyl sites for hydroxylation is 1. The van der Waals surface area contributed by atoms with Crippen LogP contribution in [-0.2, 0) is 16.0 Å². The van der Waals surface area contributed by atoms with Gasteiger partial charge in [-0.1, -0.05) is 25.5 Å². The molecule has 0 aliphatic carbocycles. The average Bonchev–Trinajstić information content (AvgIpc) is 2.49. The zero-order valence-electron chi connectivity index (χ0n) is 12.6. The molecule has 0 saturated heterocycles. The molecule has 0 radical (unpaired) electrons. The molecule has 1 aromatic rings. The van der Waals surface area contributed by atoms with Crippen molar-refractivity contribution in [1.82, 2.24) is 5.32 Å². The Morgan fingerprint density at radius 1 is 1.38 bits per heavy atom. The minimum atomic E-state index is -0.857. The molecule has 5 heteroatoms. The fourth-order valence-corrected chi connectivity index (χ4v) is 2.07. The molecule has 1 aromatic carbocycles. The number of carbonyl (C=O) groups excluding carboxylic acids is 1. The number of carboxylic acids is 1. The van der Waals surface area contributed by atoms with Gasteiger partial charge >= 0.3 is 5.97 Å². The molecule has 2 N–H and O–H groups in total. The van der Waals surface area contributed by atoms with E-state index < -0.39 is 11.9 Å². The van der Waals surface area contributed by atoms with Crippen molar-refractivity contribution in [3.8, 4) is 5.75 Å². The Labute approximate surface area is 125 Å². The van der Waals surface area contributed by atoms with E-state index in [4.69, 9.17) is 9.84 Å². The Bertz CT molecular complexity index is 473. The maximum Gasteiger partial charge on any atom is 0.308 e. The van der Waals surface area contributed by atoms with Crippen LogP contribution in [0.3, 0.4) is 0 Å². The Morgan fingerprint density at radius 2 is 2.14 bits per heavy atom. The number of aliphatic carboxylic acids is 1.